The highest BCUT2D eigenvalue weighted by molar-refractivity contribution is 5.85. The summed E-state index contributed by atoms with van der Waals surface area (Å²) in [5.41, 5.74) is 2.27. The van der Waals surface area contributed by atoms with E-state index in [4.69, 9.17) is 4.74 Å². The summed E-state index contributed by atoms with van der Waals surface area (Å²) in [6.07, 6.45) is 3.06. The average Bonchev–Trinajstić information content (AvgIpc) is 2.54. The number of aryl methyl sites for hydroxylation is 2. The van der Waals surface area contributed by atoms with Crippen LogP contribution in [0.25, 0.3) is 0 Å². The molecule has 2 atom stereocenters. The van der Waals surface area contributed by atoms with Crippen LogP contribution >= 0.6 is 12.4 Å². The van der Waals surface area contributed by atoms with Gasteiger partial charge in [-0.25, -0.2) is 0 Å². The van der Waals surface area contributed by atoms with Crippen molar-refractivity contribution in [2.75, 3.05) is 26.2 Å². The second-order valence-corrected chi connectivity index (χ2v) is 6.71. The normalized spacial score (nSPS) is 18.4. The lowest BCUT2D eigenvalue weighted by atomic mass is 9.85. The molecule has 1 aromatic carbocycles. The summed E-state index contributed by atoms with van der Waals surface area (Å²) in [4.78, 5) is 12.1. The van der Waals surface area contributed by atoms with E-state index in [-0.39, 0.29) is 18.3 Å². The Hall–Kier alpha value is -1.26. The number of benzene rings is 1. The monoisotopic (exact) mass is 354 g/mol. The third-order valence-electron chi connectivity index (χ3n) is 4.73. The van der Waals surface area contributed by atoms with Gasteiger partial charge in [0.1, 0.15) is 12.4 Å². The van der Waals surface area contributed by atoms with Crippen LogP contribution in [-0.2, 0) is 4.79 Å². The molecule has 0 spiro atoms. The Morgan fingerprint density at radius 2 is 2.08 bits per heavy atom. The minimum atomic E-state index is 0. The highest BCUT2D eigenvalue weighted by Gasteiger charge is 2.21. The fourth-order valence-corrected chi connectivity index (χ4v) is 3.27. The Morgan fingerprint density at radius 1 is 1.38 bits per heavy atom. The maximum Gasteiger partial charge on any atom is 0.220 e. The summed E-state index contributed by atoms with van der Waals surface area (Å²) in [5, 5.41) is 6.40. The summed E-state index contributed by atoms with van der Waals surface area (Å²) in [5.74, 6) is 2.12. The van der Waals surface area contributed by atoms with Crippen LogP contribution in [0.2, 0.25) is 0 Å². The molecule has 136 valence electrons. The van der Waals surface area contributed by atoms with Crippen LogP contribution in [0.1, 0.15) is 37.3 Å². The number of halogens is 1. The minimum absolute atomic E-state index is 0. The Bertz CT molecular complexity index is 496. The quantitative estimate of drug-likeness (QED) is 0.739. The SMILES string of the molecule is Cc1cccc(C)c1OCCNC(=O)CC(C)C1CCCNC1.Cl. The van der Waals surface area contributed by atoms with Crippen LogP contribution < -0.4 is 15.4 Å². The van der Waals surface area contributed by atoms with Gasteiger partial charge >= 0.3 is 0 Å². The fraction of sp³-hybridized carbons (Fsp3) is 0.632. The Balaban J connectivity index is 0.00000288. The molecule has 1 fully saturated rings. The van der Waals surface area contributed by atoms with E-state index in [1.807, 2.05) is 32.0 Å². The molecule has 1 aliphatic rings. The van der Waals surface area contributed by atoms with E-state index in [9.17, 15) is 4.79 Å². The summed E-state index contributed by atoms with van der Waals surface area (Å²) in [6, 6.07) is 6.11. The average molecular weight is 355 g/mol. The fourth-order valence-electron chi connectivity index (χ4n) is 3.27. The molecule has 2 rings (SSSR count). The summed E-state index contributed by atoms with van der Waals surface area (Å²) in [6.45, 7) is 9.50. The van der Waals surface area contributed by atoms with Crippen molar-refractivity contribution >= 4 is 18.3 Å². The first kappa shape index (κ1) is 20.8. The molecule has 1 heterocycles. The zero-order valence-corrected chi connectivity index (χ0v) is 15.9. The molecule has 5 heteroatoms. The lowest BCUT2D eigenvalue weighted by Crippen LogP contribution is -2.36. The summed E-state index contributed by atoms with van der Waals surface area (Å²) < 4.78 is 5.81. The van der Waals surface area contributed by atoms with Gasteiger partial charge in [-0.1, -0.05) is 25.1 Å². The van der Waals surface area contributed by atoms with Crippen molar-refractivity contribution in [3.05, 3.63) is 29.3 Å². The number of carbonyl (C=O) groups is 1. The standard InChI is InChI=1S/C19H30N2O2.ClH/c1-14-6-4-7-15(2)19(14)23-11-10-21-18(22)12-16(3)17-8-5-9-20-13-17;/h4,6-7,16-17,20H,5,8-13H2,1-3H3,(H,21,22);1H. The molecule has 1 aromatic rings. The number of nitrogens with one attached hydrogen (secondary N) is 2. The zero-order valence-electron chi connectivity index (χ0n) is 15.1. The van der Waals surface area contributed by atoms with Gasteiger partial charge in [0.15, 0.2) is 0 Å². The third-order valence-corrected chi connectivity index (χ3v) is 4.73. The highest BCUT2D eigenvalue weighted by Crippen LogP contribution is 2.23. The maximum absolute atomic E-state index is 12.1. The van der Waals surface area contributed by atoms with E-state index in [0.717, 1.165) is 30.0 Å². The number of rotatable bonds is 7. The molecule has 1 aliphatic heterocycles. The first-order valence-corrected chi connectivity index (χ1v) is 8.74. The van der Waals surface area contributed by atoms with Crippen LogP contribution in [0.4, 0.5) is 0 Å². The molecule has 4 nitrogen and oxygen atoms in total. The van der Waals surface area contributed by atoms with Crippen LogP contribution in [0, 0.1) is 25.7 Å². The van der Waals surface area contributed by atoms with Crippen molar-refractivity contribution in [1.29, 1.82) is 0 Å². The van der Waals surface area contributed by atoms with E-state index in [1.165, 1.54) is 12.8 Å². The predicted molar refractivity (Wildman–Crippen MR) is 101 cm³/mol. The van der Waals surface area contributed by atoms with Gasteiger partial charge in [0.05, 0.1) is 6.54 Å². The minimum Gasteiger partial charge on any atom is -0.491 e. The molecule has 0 saturated carbocycles. The molecule has 24 heavy (non-hydrogen) atoms. The van der Waals surface area contributed by atoms with Crippen molar-refractivity contribution in [3.8, 4) is 5.75 Å². The molecule has 2 unspecified atom stereocenters. The predicted octanol–water partition coefficient (Wildman–Crippen LogP) is 3.25. The summed E-state index contributed by atoms with van der Waals surface area (Å²) in [7, 11) is 0. The van der Waals surface area contributed by atoms with Crippen LogP contribution in [0.15, 0.2) is 18.2 Å². The topological polar surface area (TPSA) is 50.4 Å². The van der Waals surface area contributed by atoms with E-state index in [1.54, 1.807) is 0 Å². The third kappa shape index (κ3) is 6.33. The molecule has 2 N–H and O–H groups in total. The Kier molecular flexibility index (Phi) is 9.16. The van der Waals surface area contributed by atoms with Crippen molar-refractivity contribution in [1.82, 2.24) is 10.6 Å². The van der Waals surface area contributed by atoms with Gasteiger partial charge < -0.3 is 15.4 Å². The number of hydrogen-bond acceptors (Lipinski definition) is 3. The second kappa shape index (κ2) is 10.6. The largest absolute Gasteiger partial charge is 0.491 e. The highest BCUT2D eigenvalue weighted by atomic mass is 35.5. The van der Waals surface area contributed by atoms with Crippen molar-refractivity contribution < 1.29 is 9.53 Å². The molecule has 1 amide bonds. The van der Waals surface area contributed by atoms with E-state index < -0.39 is 0 Å². The van der Waals surface area contributed by atoms with Gasteiger partial charge in [0, 0.05) is 6.42 Å². The van der Waals surface area contributed by atoms with Crippen LogP contribution in [0.3, 0.4) is 0 Å². The Morgan fingerprint density at radius 3 is 2.71 bits per heavy atom. The molecular weight excluding hydrogens is 324 g/mol. The van der Waals surface area contributed by atoms with Gasteiger partial charge in [-0.3, -0.25) is 4.79 Å². The van der Waals surface area contributed by atoms with Gasteiger partial charge in [0.25, 0.3) is 0 Å². The summed E-state index contributed by atoms with van der Waals surface area (Å²) >= 11 is 0. The number of piperidine rings is 1. The molecule has 0 aliphatic carbocycles. The molecular formula is C19H31ClN2O2. The van der Waals surface area contributed by atoms with Crippen LogP contribution in [0.5, 0.6) is 5.75 Å². The van der Waals surface area contributed by atoms with E-state index in [2.05, 4.69) is 17.6 Å². The van der Waals surface area contributed by atoms with Crippen LogP contribution in [-0.4, -0.2) is 32.1 Å². The zero-order chi connectivity index (χ0) is 16.7. The first-order valence-electron chi connectivity index (χ1n) is 8.74. The first-order chi connectivity index (χ1) is 11.1. The number of carbonyl (C=O) groups excluding carboxylic acids is 1. The smallest absolute Gasteiger partial charge is 0.220 e. The molecule has 0 aromatic heterocycles. The van der Waals surface area contributed by atoms with E-state index in [0.29, 0.717) is 31.4 Å². The van der Waals surface area contributed by atoms with Gasteiger partial charge in [-0.2, -0.15) is 0 Å². The van der Waals surface area contributed by atoms with E-state index >= 15 is 0 Å². The van der Waals surface area contributed by atoms with Crippen molar-refractivity contribution in [3.63, 3.8) is 0 Å². The number of amides is 1. The molecule has 0 bridgehead atoms. The van der Waals surface area contributed by atoms with Gasteiger partial charge in [0.2, 0.25) is 5.91 Å². The van der Waals surface area contributed by atoms with Gasteiger partial charge in [-0.05, 0) is 62.7 Å². The lowest BCUT2D eigenvalue weighted by molar-refractivity contribution is -0.122. The van der Waals surface area contributed by atoms with Gasteiger partial charge in [-0.15, -0.1) is 12.4 Å². The number of ether oxygens (including phenoxy) is 1. The lowest BCUT2D eigenvalue weighted by Gasteiger charge is -2.28. The van der Waals surface area contributed by atoms with Crippen molar-refractivity contribution in [2.24, 2.45) is 11.8 Å². The Labute approximate surface area is 152 Å². The molecule has 0 radical (unpaired) electrons. The second-order valence-electron chi connectivity index (χ2n) is 6.71. The maximum atomic E-state index is 12.1. The number of para-hydroxylation sites is 1. The van der Waals surface area contributed by atoms with Crippen molar-refractivity contribution in [2.45, 2.75) is 40.0 Å². The number of hydrogen-bond donors (Lipinski definition) is 2. The molecule has 1 saturated heterocycles.